The van der Waals surface area contributed by atoms with Crippen LogP contribution in [0.4, 0.5) is 0 Å². The van der Waals surface area contributed by atoms with Gasteiger partial charge in [0.15, 0.2) is 13.7 Å². The van der Waals surface area contributed by atoms with Crippen molar-refractivity contribution < 1.29 is 46.8 Å². The van der Waals surface area contributed by atoms with E-state index in [1.807, 2.05) is 0 Å². The number of hydrogen-bond acceptors (Lipinski definition) is 15. The van der Waals surface area contributed by atoms with E-state index < -0.39 is 17.9 Å². The first-order valence-corrected chi connectivity index (χ1v) is 19.9. The SMILES string of the molecule is O=C(O)C1SSSS1.O=C(O)C1SSSS1.O=C(O)C1SSSS1.[Fe]. The van der Waals surface area contributed by atoms with Crippen LogP contribution in [0, 0.1) is 0 Å². The molecular weight excluding hydrogens is 609 g/mol. The van der Waals surface area contributed by atoms with E-state index in [4.69, 9.17) is 15.3 Å². The Balaban J connectivity index is 0.000000339. The van der Waals surface area contributed by atoms with Crippen molar-refractivity contribution in [1.29, 1.82) is 0 Å². The molecule has 0 radical (unpaired) electrons. The van der Waals surface area contributed by atoms with Gasteiger partial charge in [-0.3, -0.25) is 14.4 Å². The summed E-state index contributed by atoms with van der Waals surface area (Å²) in [7, 11) is 17.5. The summed E-state index contributed by atoms with van der Waals surface area (Å²) in [6.45, 7) is 0. The predicted octanol–water partition coefficient (Wildman–Crippen LogP) is 6.26. The third-order valence-corrected chi connectivity index (χ3v) is 23.9. The Labute approximate surface area is 199 Å². The van der Waals surface area contributed by atoms with Crippen molar-refractivity contribution in [1.82, 2.24) is 0 Å². The van der Waals surface area contributed by atoms with E-state index in [2.05, 4.69) is 0 Å². The zero-order valence-electron chi connectivity index (χ0n) is 11.1. The zero-order chi connectivity index (χ0) is 17.9. The third kappa shape index (κ3) is 13.1. The average Bonchev–Trinajstić information content (AvgIpc) is 3.29. The van der Waals surface area contributed by atoms with Gasteiger partial charge in [-0.1, -0.05) is 64.8 Å². The zero-order valence-corrected chi connectivity index (χ0v) is 22.0. The maximum absolute atomic E-state index is 10.1. The maximum Gasteiger partial charge on any atom is 0.328 e. The summed E-state index contributed by atoms with van der Waals surface area (Å²) in [5.41, 5.74) is 0. The molecule has 0 spiro atoms. The number of rotatable bonds is 3. The molecule has 0 aromatic heterocycles. The number of carboxylic acids is 3. The molecule has 3 aliphatic rings. The summed E-state index contributed by atoms with van der Waals surface area (Å²) in [5.74, 6) is -2.17. The molecule has 0 saturated carbocycles. The van der Waals surface area contributed by atoms with Crippen LogP contribution in [0.5, 0.6) is 0 Å². The number of aliphatic carboxylic acids is 3. The Kier molecular flexibility index (Phi) is 19.0. The molecule has 146 valence electrons. The molecule has 0 aliphatic carbocycles. The second-order valence-electron chi connectivity index (χ2n) is 3.00. The molecular formula is C6H6FeO6S12. The van der Waals surface area contributed by atoms with Crippen LogP contribution in [0.2, 0.25) is 0 Å². The summed E-state index contributed by atoms with van der Waals surface area (Å²) < 4.78 is -0.778. The maximum atomic E-state index is 10.1. The van der Waals surface area contributed by atoms with Crippen molar-refractivity contribution in [3.05, 3.63) is 0 Å². The van der Waals surface area contributed by atoms with Crippen molar-refractivity contribution in [3.63, 3.8) is 0 Å². The normalized spacial score (nSPS) is 20.6. The van der Waals surface area contributed by atoms with Crippen LogP contribution in [-0.4, -0.2) is 47.0 Å². The largest absolute Gasteiger partial charge is 0.480 e. The average molecular weight is 615 g/mol. The summed E-state index contributed by atoms with van der Waals surface area (Å²) in [4.78, 5) is 30.4. The van der Waals surface area contributed by atoms with E-state index in [9.17, 15) is 14.4 Å². The molecule has 0 atom stereocenters. The van der Waals surface area contributed by atoms with Gasteiger partial charge in [0.05, 0.1) is 0 Å². The minimum atomic E-state index is -0.725. The molecule has 3 rings (SSSR count). The van der Waals surface area contributed by atoms with E-state index >= 15 is 0 Å². The van der Waals surface area contributed by atoms with Gasteiger partial charge in [-0.15, -0.1) is 0 Å². The third-order valence-electron chi connectivity index (χ3n) is 1.45. The summed E-state index contributed by atoms with van der Waals surface area (Å²) >= 11 is 0. The van der Waals surface area contributed by atoms with Gasteiger partial charge in [0.25, 0.3) is 0 Å². The van der Waals surface area contributed by atoms with Crippen molar-refractivity contribution >= 4 is 142 Å². The smallest absolute Gasteiger partial charge is 0.328 e. The van der Waals surface area contributed by atoms with Crippen LogP contribution in [0.25, 0.3) is 0 Å². The Morgan fingerprint density at radius 3 is 0.720 bits per heavy atom. The molecule has 3 saturated heterocycles. The number of carbonyl (C=O) groups is 3. The molecule has 3 N–H and O–H groups in total. The van der Waals surface area contributed by atoms with Crippen LogP contribution in [0.3, 0.4) is 0 Å². The molecule has 0 unspecified atom stereocenters. The van der Waals surface area contributed by atoms with Crippen molar-refractivity contribution in [2.45, 2.75) is 13.7 Å². The van der Waals surface area contributed by atoms with E-state index in [-0.39, 0.29) is 30.8 Å². The monoisotopic (exact) mass is 614 g/mol. The molecule has 0 amide bonds. The van der Waals surface area contributed by atoms with Crippen LogP contribution in [0.1, 0.15) is 0 Å². The summed E-state index contributed by atoms with van der Waals surface area (Å²) in [6, 6.07) is 0. The van der Waals surface area contributed by atoms with Crippen LogP contribution in [0.15, 0.2) is 0 Å². The number of carboxylic acid groups (broad SMARTS) is 3. The quantitative estimate of drug-likeness (QED) is 0.245. The minimum absolute atomic E-state index is 0. The molecule has 19 heteroatoms. The van der Waals surface area contributed by atoms with Gasteiger partial charge in [-0.05, 0) is 59.0 Å². The predicted molar refractivity (Wildman–Crippen MR) is 125 cm³/mol. The molecule has 25 heavy (non-hydrogen) atoms. The second-order valence-corrected chi connectivity index (χ2v) is 22.0. The van der Waals surface area contributed by atoms with Gasteiger partial charge in [0.2, 0.25) is 0 Å². The number of hydrogen-bond donors (Lipinski definition) is 3. The van der Waals surface area contributed by atoms with Crippen molar-refractivity contribution in [3.8, 4) is 0 Å². The Bertz CT molecular complexity index is 363. The molecule has 0 bridgehead atoms. The van der Waals surface area contributed by atoms with Crippen molar-refractivity contribution in [2.75, 3.05) is 0 Å². The van der Waals surface area contributed by atoms with E-state index in [1.54, 1.807) is 0 Å². The second kappa shape index (κ2) is 16.9. The van der Waals surface area contributed by atoms with Gasteiger partial charge < -0.3 is 15.3 Å². The first kappa shape index (κ1) is 28.1. The fourth-order valence-corrected chi connectivity index (χ4v) is 24.9. The molecule has 3 fully saturated rings. The van der Waals surface area contributed by atoms with Gasteiger partial charge in [0.1, 0.15) is 0 Å². The van der Waals surface area contributed by atoms with Gasteiger partial charge >= 0.3 is 17.9 Å². The molecule has 0 aromatic rings. The van der Waals surface area contributed by atoms with E-state index in [0.717, 1.165) is 0 Å². The Morgan fingerprint density at radius 2 is 0.640 bits per heavy atom. The van der Waals surface area contributed by atoms with Crippen LogP contribution in [-0.2, 0) is 31.5 Å². The van der Waals surface area contributed by atoms with Crippen molar-refractivity contribution in [2.24, 2.45) is 0 Å². The Hall–Kier alpha value is 3.13. The molecule has 3 aliphatic heterocycles. The minimum Gasteiger partial charge on any atom is -0.480 e. The summed E-state index contributed by atoms with van der Waals surface area (Å²) in [5, 5.41) is 25.0. The first-order valence-electron chi connectivity index (χ1n) is 5.06. The van der Waals surface area contributed by atoms with Gasteiger partial charge in [-0.2, -0.15) is 0 Å². The standard InChI is InChI=1S/3C2H2O2S4.Fe/c3*3-1(4)2-5-7-8-6-2;/h3*2H,(H,3,4);. The molecule has 3 heterocycles. The van der Waals surface area contributed by atoms with Crippen LogP contribution >= 0.6 is 124 Å². The fraction of sp³-hybridized carbons (Fsp3) is 0.500. The summed E-state index contributed by atoms with van der Waals surface area (Å²) in [6.07, 6.45) is 0. The van der Waals surface area contributed by atoms with E-state index in [1.165, 1.54) is 124 Å². The van der Waals surface area contributed by atoms with Crippen LogP contribution < -0.4 is 0 Å². The van der Waals surface area contributed by atoms with Gasteiger partial charge in [0, 0.05) is 17.1 Å². The topological polar surface area (TPSA) is 112 Å². The van der Waals surface area contributed by atoms with E-state index in [0.29, 0.717) is 0 Å². The fourth-order valence-electron chi connectivity index (χ4n) is 0.605. The molecule has 0 aromatic carbocycles. The molecule has 6 nitrogen and oxygen atoms in total. The first-order chi connectivity index (χ1) is 11.4. The Morgan fingerprint density at radius 1 is 0.480 bits per heavy atom. The van der Waals surface area contributed by atoms with Gasteiger partial charge in [-0.25, -0.2) is 0 Å².